The van der Waals surface area contributed by atoms with Crippen LogP contribution in [-0.2, 0) is 11.2 Å². The molecule has 0 aromatic heterocycles. The molecule has 0 saturated heterocycles. The van der Waals surface area contributed by atoms with Crippen molar-refractivity contribution in [2.75, 3.05) is 0 Å². The summed E-state index contributed by atoms with van der Waals surface area (Å²) in [6.45, 7) is 3.82. The molecule has 1 unspecified atom stereocenters. The summed E-state index contributed by atoms with van der Waals surface area (Å²) in [5.41, 5.74) is 2.15. The molecule has 0 radical (unpaired) electrons. The van der Waals surface area contributed by atoms with Crippen LogP contribution in [0.4, 0.5) is 0 Å². The number of hydrogen-bond donors (Lipinski definition) is 1. The summed E-state index contributed by atoms with van der Waals surface area (Å²) in [4.78, 5) is 11.6. The van der Waals surface area contributed by atoms with Gasteiger partial charge >= 0.3 is 0 Å². The zero-order valence-electron chi connectivity index (χ0n) is 9.66. The van der Waals surface area contributed by atoms with E-state index >= 15 is 0 Å². The average Bonchev–Trinajstić information content (AvgIpc) is 2.21. The molecule has 1 amide bonds. The summed E-state index contributed by atoms with van der Waals surface area (Å²) < 4.78 is 0. The summed E-state index contributed by atoms with van der Waals surface area (Å²) in [6.07, 6.45) is 0.724. The number of carbonyl (C=O) groups excluding carboxylic acids is 1. The van der Waals surface area contributed by atoms with Crippen molar-refractivity contribution >= 4 is 5.91 Å². The van der Waals surface area contributed by atoms with E-state index in [4.69, 9.17) is 5.26 Å². The van der Waals surface area contributed by atoms with Crippen molar-refractivity contribution in [3.05, 3.63) is 35.4 Å². The lowest BCUT2D eigenvalue weighted by atomic mass is 10.1. The monoisotopic (exact) mass is 216 g/mol. The molecule has 0 aliphatic carbocycles. The number of nitrogens with zero attached hydrogens (tertiary/aromatic N) is 1. The van der Waals surface area contributed by atoms with Crippen molar-refractivity contribution in [1.29, 1.82) is 5.26 Å². The van der Waals surface area contributed by atoms with Gasteiger partial charge in [0.05, 0.1) is 18.9 Å². The molecule has 0 saturated carbocycles. The number of aryl methyl sites for hydroxylation is 1. The lowest BCUT2D eigenvalue weighted by molar-refractivity contribution is -0.121. The fourth-order valence-electron chi connectivity index (χ4n) is 1.50. The lowest BCUT2D eigenvalue weighted by Crippen LogP contribution is -2.33. The number of amides is 1. The Morgan fingerprint density at radius 2 is 2.19 bits per heavy atom. The SMILES string of the molecule is Cc1ccccc1CC(=O)NC(C)CC#N. The summed E-state index contributed by atoms with van der Waals surface area (Å²) in [5, 5.41) is 11.3. The van der Waals surface area contributed by atoms with Crippen molar-refractivity contribution in [1.82, 2.24) is 5.32 Å². The molecule has 1 atom stereocenters. The van der Waals surface area contributed by atoms with E-state index < -0.39 is 0 Å². The second kappa shape index (κ2) is 5.92. The van der Waals surface area contributed by atoms with Crippen LogP contribution in [0, 0.1) is 18.3 Å². The maximum Gasteiger partial charge on any atom is 0.224 e. The van der Waals surface area contributed by atoms with Crippen LogP contribution >= 0.6 is 0 Å². The van der Waals surface area contributed by atoms with Gasteiger partial charge in [0.2, 0.25) is 5.91 Å². The fourth-order valence-corrected chi connectivity index (χ4v) is 1.50. The molecule has 0 fully saturated rings. The van der Waals surface area contributed by atoms with Gasteiger partial charge in [0.1, 0.15) is 0 Å². The predicted octanol–water partition coefficient (Wildman–Crippen LogP) is 1.96. The molecular weight excluding hydrogens is 200 g/mol. The first kappa shape index (κ1) is 12.3. The van der Waals surface area contributed by atoms with Gasteiger partial charge < -0.3 is 5.32 Å². The van der Waals surface area contributed by atoms with Crippen molar-refractivity contribution in [3.8, 4) is 6.07 Å². The van der Waals surface area contributed by atoms with Crippen LogP contribution in [0.5, 0.6) is 0 Å². The topological polar surface area (TPSA) is 52.9 Å². The third-order valence-corrected chi connectivity index (χ3v) is 2.42. The van der Waals surface area contributed by atoms with Crippen molar-refractivity contribution in [2.24, 2.45) is 0 Å². The van der Waals surface area contributed by atoms with Gasteiger partial charge in [-0.1, -0.05) is 24.3 Å². The maximum atomic E-state index is 11.6. The molecule has 0 aliphatic heterocycles. The normalized spacial score (nSPS) is 11.6. The number of rotatable bonds is 4. The Balaban J connectivity index is 2.53. The quantitative estimate of drug-likeness (QED) is 0.836. The zero-order chi connectivity index (χ0) is 12.0. The van der Waals surface area contributed by atoms with Crippen molar-refractivity contribution < 1.29 is 4.79 Å². The molecule has 84 valence electrons. The van der Waals surface area contributed by atoms with E-state index in [1.165, 1.54) is 0 Å². The number of hydrogen-bond acceptors (Lipinski definition) is 2. The van der Waals surface area contributed by atoms with Crippen LogP contribution < -0.4 is 5.32 Å². The third kappa shape index (κ3) is 3.74. The van der Waals surface area contributed by atoms with Gasteiger partial charge in [-0.05, 0) is 25.0 Å². The molecule has 0 heterocycles. The summed E-state index contributed by atoms with van der Waals surface area (Å²) in [6, 6.07) is 9.77. The number of nitriles is 1. The highest BCUT2D eigenvalue weighted by molar-refractivity contribution is 5.79. The molecule has 3 nitrogen and oxygen atoms in total. The van der Waals surface area contributed by atoms with Gasteiger partial charge in [0.15, 0.2) is 0 Å². The van der Waals surface area contributed by atoms with E-state index in [2.05, 4.69) is 5.32 Å². The van der Waals surface area contributed by atoms with E-state index in [1.54, 1.807) is 0 Å². The first-order valence-corrected chi connectivity index (χ1v) is 5.34. The van der Waals surface area contributed by atoms with E-state index in [9.17, 15) is 4.79 Å². The Kier molecular flexibility index (Phi) is 4.53. The standard InChI is InChI=1S/C13H16N2O/c1-10-5-3-4-6-12(10)9-13(16)15-11(2)7-8-14/h3-6,11H,7,9H2,1-2H3,(H,15,16). The number of nitrogens with one attached hydrogen (secondary N) is 1. The average molecular weight is 216 g/mol. The molecule has 16 heavy (non-hydrogen) atoms. The highest BCUT2D eigenvalue weighted by Crippen LogP contribution is 2.07. The first-order chi connectivity index (χ1) is 7.63. The van der Waals surface area contributed by atoms with E-state index in [0.717, 1.165) is 11.1 Å². The minimum atomic E-state index is -0.0819. The smallest absolute Gasteiger partial charge is 0.224 e. The molecule has 3 heteroatoms. The number of benzene rings is 1. The van der Waals surface area contributed by atoms with Gasteiger partial charge in [0, 0.05) is 6.04 Å². The molecule has 0 bridgehead atoms. The predicted molar refractivity (Wildman–Crippen MR) is 62.7 cm³/mol. The van der Waals surface area contributed by atoms with Gasteiger partial charge in [-0.15, -0.1) is 0 Å². The maximum absolute atomic E-state index is 11.6. The Bertz CT molecular complexity index is 407. The van der Waals surface area contributed by atoms with Crippen LogP contribution in [0.1, 0.15) is 24.5 Å². The number of carbonyl (C=O) groups is 1. The molecule has 1 rings (SSSR count). The zero-order valence-corrected chi connectivity index (χ0v) is 9.66. The van der Waals surface area contributed by atoms with Crippen LogP contribution in [0.25, 0.3) is 0 Å². The van der Waals surface area contributed by atoms with Crippen molar-refractivity contribution in [2.45, 2.75) is 32.7 Å². The second-order valence-electron chi connectivity index (χ2n) is 3.93. The van der Waals surface area contributed by atoms with E-state index in [0.29, 0.717) is 12.8 Å². The third-order valence-electron chi connectivity index (χ3n) is 2.42. The van der Waals surface area contributed by atoms with Crippen LogP contribution in [0.15, 0.2) is 24.3 Å². The second-order valence-corrected chi connectivity index (χ2v) is 3.93. The van der Waals surface area contributed by atoms with Gasteiger partial charge in [0.25, 0.3) is 0 Å². The fraction of sp³-hybridized carbons (Fsp3) is 0.385. The van der Waals surface area contributed by atoms with Gasteiger partial charge in [-0.2, -0.15) is 5.26 Å². The minimum absolute atomic E-state index is 0.0305. The van der Waals surface area contributed by atoms with Crippen LogP contribution in [0.3, 0.4) is 0 Å². The summed E-state index contributed by atoms with van der Waals surface area (Å²) >= 11 is 0. The van der Waals surface area contributed by atoms with Crippen LogP contribution in [-0.4, -0.2) is 11.9 Å². The van der Waals surface area contributed by atoms with E-state index in [-0.39, 0.29) is 11.9 Å². The Labute approximate surface area is 96.1 Å². The Morgan fingerprint density at radius 3 is 2.81 bits per heavy atom. The Hall–Kier alpha value is -1.82. The summed E-state index contributed by atoms with van der Waals surface area (Å²) in [7, 11) is 0. The van der Waals surface area contributed by atoms with Crippen molar-refractivity contribution in [3.63, 3.8) is 0 Å². The first-order valence-electron chi connectivity index (χ1n) is 5.34. The van der Waals surface area contributed by atoms with Gasteiger partial charge in [-0.25, -0.2) is 0 Å². The molecule has 1 aromatic rings. The van der Waals surface area contributed by atoms with E-state index in [1.807, 2.05) is 44.2 Å². The highest BCUT2D eigenvalue weighted by Gasteiger charge is 2.08. The largest absolute Gasteiger partial charge is 0.352 e. The summed E-state index contributed by atoms with van der Waals surface area (Å²) in [5.74, 6) is -0.0305. The molecule has 0 spiro atoms. The molecular formula is C13H16N2O. The lowest BCUT2D eigenvalue weighted by Gasteiger charge is -2.11. The highest BCUT2D eigenvalue weighted by atomic mass is 16.1. The minimum Gasteiger partial charge on any atom is -0.352 e. The Morgan fingerprint density at radius 1 is 1.50 bits per heavy atom. The molecule has 1 N–H and O–H groups in total. The van der Waals surface area contributed by atoms with Crippen LogP contribution in [0.2, 0.25) is 0 Å². The molecule has 1 aromatic carbocycles. The molecule has 0 aliphatic rings. The van der Waals surface area contributed by atoms with Gasteiger partial charge in [-0.3, -0.25) is 4.79 Å².